The lowest BCUT2D eigenvalue weighted by molar-refractivity contribution is 0.174. The van der Waals surface area contributed by atoms with Gasteiger partial charge < -0.3 is 24.7 Å². The third-order valence-corrected chi connectivity index (χ3v) is 4.22. The normalized spacial score (nSPS) is 12.9. The van der Waals surface area contributed by atoms with Gasteiger partial charge in [0.25, 0.3) is 0 Å². The van der Waals surface area contributed by atoms with Gasteiger partial charge in [0, 0.05) is 31.9 Å². The van der Waals surface area contributed by atoms with Crippen molar-refractivity contribution in [2.24, 2.45) is 4.99 Å². The van der Waals surface area contributed by atoms with E-state index < -0.39 is 0 Å². The van der Waals surface area contributed by atoms with Crippen molar-refractivity contribution in [3.05, 3.63) is 58.5 Å². The Morgan fingerprint density at radius 2 is 2.04 bits per heavy atom. The molecule has 2 aromatic rings. The zero-order valence-electron chi connectivity index (χ0n) is 15.6. The van der Waals surface area contributed by atoms with Crippen molar-refractivity contribution in [3.63, 3.8) is 0 Å². The molecular formula is C20H26N4O3. The highest BCUT2D eigenvalue weighted by Crippen LogP contribution is 2.32. The van der Waals surface area contributed by atoms with Crippen LogP contribution in [0.1, 0.15) is 25.3 Å². The first-order valence-corrected chi connectivity index (χ1v) is 9.32. The third-order valence-electron chi connectivity index (χ3n) is 4.22. The van der Waals surface area contributed by atoms with Crippen LogP contribution in [-0.2, 0) is 13.1 Å². The van der Waals surface area contributed by atoms with Crippen LogP contribution in [0, 0.1) is 0 Å². The number of hydrogen-bond acceptors (Lipinski definition) is 4. The van der Waals surface area contributed by atoms with Gasteiger partial charge in [-0.1, -0.05) is 12.1 Å². The highest BCUT2D eigenvalue weighted by molar-refractivity contribution is 5.79. The maximum atomic E-state index is 11.7. The van der Waals surface area contributed by atoms with Gasteiger partial charge in [-0.15, -0.1) is 0 Å². The molecule has 1 aromatic heterocycles. The van der Waals surface area contributed by atoms with Crippen molar-refractivity contribution >= 4 is 5.96 Å². The number of ether oxygens (including phenoxy) is 2. The Kier molecular flexibility index (Phi) is 6.73. The van der Waals surface area contributed by atoms with Crippen LogP contribution in [0.2, 0.25) is 0 Å². The van der Waals surface area contributed by atoms with E-state index in [2.05, 4.69) is 15.6 Å². The highest BCUT2D eigenvalue weighted by Gasteiger charge is 2.12. The molecular weight excluding hydrogens is 344 g/mol. The predicted molar refractivity (Wildman–Crippen MR) is 105 cm³/mol. The number of nitrogens with one attached hydrogen (secondary N) is 2. The van der Waals surface area contributed by atoms with Gasteiger partial charge in [0.1, 0.15) is 0 Å². The molecule has 1 aliphatic rings. The van der Waals surface area contributed by atoms with E-state index in [1.54, 1.807) is 16.7 Å². The number of pyridine rings is 1. The lowest BCUT2D eigenvalue weighted by Gasteiger charge is -2.11. The Labute approximate surface area is 159 Å². The summed E-state index contributed by atoms with van der Waals surface area (Å²) in [6.45, 7) is 5.21. The molecule has 0 saturated carbocycles. The zero-order valence-corrected chi connectivity index (χ0v) is 15.6. The summed E-state index contributed by atoms with van der Waals surface area (Å²) in [4.78, 5) is 16.3. The minimum atomic E-state index is 0.0455. The van der Waals surface area contributed by atoms with E-state index in [0.29, 0.717) is 6.54 Å². The molecule has 0 fully saturated rings. The molecule has 0 atom stereocenters. The van der Waals surface area contributed by atoms with Gasteiger partial charge in [-0.05, 0) is 43.5 Å². The van der Waals surface area contributed by atoms with Gasteiger partial charge in [-0.2, -0.15) is 0 Å². The summed E-state index contributed by atoms with van der Waals surface area (Å²) >= 11 is 0. The van der Waals surface area contributed by atoms with E-state index in [4.69, 9.17) is 9.47 Å². The number of aryl methyl sites for hydroxylation is 1. The van der Waals surface area contributed by atoms with E-state index in [9.17, 15) is 4.79 Å². The van der Waals surface area contributed by atoms with Crippen LogP contribution >= 0.6 is 0 Å². The molecule has 7 nitrogen and oxygen atoms in total. The smallest absolute Gasteiger partial charge is 0.250 e. The third kappa shape index (κ3) is 5.51. The molecule has 0 radical (unpaired) electrons. The van der Waals surface area contributed by atoms with Crippen molar-refractivity contribution in [2.45, 2.75) is 32.9 Å². The molecule has 3 rings (SSSR count). The molecule has 7 heteroatoms. The molecule has 0 unspecified atom stereocenters. The standard InChI is InChI=1S/C20H26N4O3/c1-2-21-20(22-10-4-6-12-24-11-5-3-7-19(24)25)23-14-16-8-9-17-18(13-16)27-15-26-17/h3,5,7-9,11,13H,2,4,6,10,12,14-15H2,1H3,(H2,21,22,23). The van der Waals surface area contributed by atoms with E-state index in [-0.39, 0.29) is 12.4 Å². The number of hydrogen-bond donors (Lipinski definition) is 2. The van der Waals surface area contributed by atoms with Crippen LogP contribution in [0.3, 0.4) is 0 Å². The number of fused-ring (bicyclic) bond motifs is 1. The Bertz CT molecular complexity index is 832. The number of unbranched alkanes of at least 4 members (excludes halogenated alkanes) is 1. The van der Waals surface area contributed by atoms with Crippen LogP contribution in [0.15, 0.2) is 52.4 Å². The summed E-state index contributed by atoms with van der Waals surface area (Å²) in [7, 11) is 0. The van der Waals surface area contributed by atoms with Crippen LogP contribution in [0.25, 0.3) is 0 Å². The quantitative estimate of drug-likeness (QED) is 0.423. The topological polar surface area (TPSA) is 76.9 Å². The average molecular weight is 370 g/mol. The molecule has 0 saturated heterocycles. The summed E-state index contributed by atoms with van der Waals surface area (Å²) in [5.74, 6) is 2.34. The first kappa shape index (κ1) is 18.8. The van der Waals surface area contributed by atoms with Crippen LogP contribution < -0.4 is 25.7 Å². The fourth-order valence-corrected chi connectivity index (χ4v) is 2.81. The second-order valence-corrected chi connectivity index (χ2v) is 6.25. The lowest BCUT2D eigenvalue weighted by atomic mass is 10.2. The molecule has 2 heterocycles. The van der Waals surface area contributed by atoms with Crippen LogP contribution in [0.4, 0.5) is 0 Å². The van der Waals surface area contributed by atoms with Crippen molar-refractivity contribution in [1.82, 2.24) is 15.2 Å². The lowest BCUT2D eigenvalue weighted by Crippen LogP contribution is -2.37. The first-order valence-electron chi connectivity index (χ1n) is 9.32. The number of aromatic nitrogens is 1. The summed E-state index contributed by atoms with van der Waals surface area (Å²) in [6, 6.07) is 11.1. The fourth-order valence-electron chi connectivity index (χ4n) is 2.81. The number of benzene rings is 1. The van der Waals surface area contributed by atoms with Crippen molar-refractivity contribution in [1.29, 1.82) is 0 Å². The van der Waals surface area contributed by atoms with E-state index >= 15 is 0 Å². The maximum Gasteiger partial charge on any atom is 0.250 e. The molecule has 0 amide bonds. The monoisotopic (exact) mass is 370 g/mol. The van der Waals surface area contributed by atoms with Crippen LogP contribution in [0.5, 0.6) is 11.5 Å². The van der Waals surface area contributed by atoms with Crippen molar-refractivity contribution < 1.29 is 9.47 Å². The number of guanidine groups is 1. The number of nitrogens with zero attached hydrogens (tertiary/aromatic N) is 2. The molecule has 27 heavy (non-hydrogen) atoms. The Morgan fingerprint density at radius 3 is 2.89 bits per heavy atom. The summed E-state index contributed by atoms with van der Waals surface area (Å²) in [6.07, 6.45) is 3.71. The van der Waals surface area contributed by atoms with Crippen molar-refractivity contribution in [3.8, 4) is 11.5 Å². The molecule has 2 N–H and O–H groups in total. The maximum absolute atomic E-state index is 11.7. The fraction of sp³-hybridized carbons (Fsp3) is 0.400. The van der Waals surface area contributed by atoms with Gasteiger partial charge in [0.15, 0.2) is 17.5 Å². The molecule has 1 aromatic carbocycles. The summed E-state index contributed by atoms with van der Waals surface area (Å²) in [5.41, 5.74) is 1.11. The SMILES string of the molecule is CCNC(=NCc1ccc2c(c1)OCO2)NCCCCn1ccccc1=O. The molecule has 0 spiro atoms. The van der Waals surface area contributed by atoms with Gasteiger partial charge in [0.2, 0.25) is 12.4 Å². The second kappa shape index (κ2) is 9.66. The van der Waals surface area contributed by atoms with Gasteiger partial charge in [0.05, 0.1) is 6.54 Å². The second-order valence-electron chi connectivity index (χ2n) is 6.25. The zero-order chi connectivity index (χ0) is 18.9. The Balaban J connectivity index is 1.45. The summed E-state index contributed by atoms with van der Waals surface area (Å²) < 4.78 is 12.5. The van der Waals surface area contributed by atoms with Crippen LogP contribution in [-0.4, -0.2) is 30.4 Å². The Morgan fingerprint density at radius 1 is 1.15 bits per heavy atom. The number of rotatable bonds is 8. The van der Waals surface area contributed by atoms with Gasteiger partial charge >= 0.3 is 0 Å². The van der Waals surface area contributed by atoms with Gasteiger partial charge in [-0.25, -0.2) is 4.99 Å². The minimum absolute atomic E-state index is 0.0455. The largest absolute Gasteiger partial charge is 0.454 e. The Hall–Kier alpha value is -2.96. The number of aliphatic imine (C=N–C) groups is 1. The highest BCUT2D eigenvalue weighted by atomic mass is 16.7. The average Bonchev–Trinajstić information content (AvgIpc) is 3.15. The van der Waals surface area contributed by atoms with E-state index in [1.165, 1.54) is 0 Å². The molecule has 1 aliphatic heterocycles. The predicted octanol–water partition coefficient (Wildman–Crippen LogP) is 2.11. The van der Waals surface area contributed by atoms with E-state index in [1.807, 2.05) is 37.4 Å². The minimum Gasteiger partial charge on any atom is -0.454 e. The van der Waals surface area contributed by atoms with E-state index in [0.717, 1.165) is 55.5 Å². The summed E-state index contributed by atoms with van der Waals surface area (Å²) in [5, 5.41) is 6.59. The van der Waals surface area contributed by atoms with Crippen molar-refractivity contribution in [2.75, 3.05) is 19.9 Å². The molecule has 0 aliphatic carbocycles. The van der Waals surface area contributed by atoms with Gasteiger partial charge in [-0.3, -0.25) is 4.79 Å². The molecule has 144 valence electrons. The molecule has 0 bridgehead atoms. The first-order chi connectivity index (χ1) is 13.3.